The molecule has 1 aliphatic carbocycles. The summed E-state index contributed by atoms with van der Waals surface area (Å²) in [4.78, 5) is 33.0. The monoisotopic (exact) mass is 535 g/mol. The number of anilines is 2. The number of allylic oxidation sites excluding steroid dienone is 1. The number of pyridine rings is 1. The van der Waals surface area contributed by atoms with Crippen LogP contribution >= 0.6 is 0 Å². The van der Waals surface area contributed by atoms with Gasteiger partial charge in [-0.25, -0.2) is 19.9 Å². The summed E-state index contributed by atoms with van der Waals surface area (Å²) in [6, 6.07) is 3.68. The summed E-state index contributed by atoms with van der Waals surface area (Å²) in [5, 5.41) is 14.6. The van der Waals surface area contributed by atoms with Crippen LogP contribution in [0.3, 0.4) is 0 Å². The van der Waals surface area contributed by atoms with E-state index in [4.69, 9.17) is 20.2 Å². The van der Waals surface area contributed by atoms with Crippen molar-refractivity contribution in [1.29, 1.82) is 0 Å². The van der Waals surface area contributed by atoms with Crippen molar-refractivity contribution in [2.75, 3.05) is 18.5 Å². The molecule has 0 aromatic carbocycles. The van der Waals surface area contributed by atoms with Crippen LogP contribution in [0.15, 0.2) is 35.3 Å². The highest BCUT2D eigenvalue weighted by Gasteiger charge is 2.22. The highest BCUT2D eigenvalue weighted by atomic mass is 16.7. The van der Waals surface area contributed by atoms with Crippen molar-refractivity contribution in [2.45, 2.75) is 64.9 Å². The minimum atomic E-state index is -0.661. The maximum atomic E-state index is 11.4. The first-order valence-electron chi connectivity index (χ1n) is 13.2. The lowest BCUT2D eigenvalue weighted by Crippen LogP contribution is -2.23. The summed E-state index contributed by atoms with van der Waals surface area (Å²) in [6.07, 6.45) is 9.67. The van der Waals surface area contributed by atoms with E-state index in [1.54, 1.807) is 12.3 Å². The molecule has 0 spiro atoms. The van der Waals surface area contributed by atoms with Crippen molar-refractivity contribution in [3.63, 3.8) is 0 Å². The lowest BCUT2D eigenvalue weighted by atomic mass is 10.2. The number of aliphatic imine (C=N–C) groups is 1. The molecule has 0 radical (unpaired) electrons. The molecule has 13 nitrogen and oxygen atoms in total. The Morgan fingerprint density at radius 2 is 2.15 bits per heavy atom. The van der Waals surface area contributed by atoms with Crippen LogP contribution in [0.1, 0.15) is 63.6 Å². The lowest BCUT2D eigenvalue weighted by molar-refractivity contribution is -0.425. The molecule has 4 heterocycles. The van der Waals surface area contributed by atoms with Gasteiger partial charge in [-0.1, -0.05) is 0 Å². The largest absolute Gasteiger partial charge is 0.358 e. The maximum absolute atomic E-state index is 11.4. The number of nitrogens with two attached hydrogens (primary N) is 1. The van der Waals surface area contributed by atoms with Gasteiger partial charge >= 0.3 is 5.82 Å². The van der Waals surface area contributed by atoms with E-state index in [1.165, 1.54) is 12.4 Å². The average Bonchev–Trinajstić information content (AvgIpc) is 3.68. The first-order valence-corrected chi connectivity index (χ1v) is 13.2. The van der Waals surface area contributed by atoms with E-state index in [9.17, 15) is 10.1 Å². The number of ether oxygens (including phenoxy) is 2. The van der Waals surface area contributed by atoms with Crippen LogP contribution in [-0.2, 0) is 16.1 Å². The molecular formula is C26H33N9O4. The standard InChI is InChI=1S/C26H33N9O4/c1-16(2)34-20-11-22(30-14-19(20)31-23(34)15-39-24-5-3-4-10-38-24)32-21-8-9-29-26(33-21)18(25(27)35(36)37)13-28-12-17-6-7-17/h8-9,11,13-14,16-17,24H,3-7,10,12,15,27H2,1-2H3,(H,29,30,32,33). The second-order valence-electron chi connectivity index (χ2n) is 10.0. The first-order chi connectivity index (χ1) is 18.9. The van der Waals surface area contributed by atoms with Crippen molar-refractivity contribution >= 4 is 34.5 Å². The number of hydrogen-bond acceptors (Lipinski definition) is 11. The smallest absolute Gasteiger partial charge is 0.326 e. The molecule has 0 bridgehead atoms. The number of aromatic nitrogens is 5. The van der Waals surface area contributed by atoms with E-state index in [0.29, 0.717) is 30.7 Å². The lowest BCUT2D eigenvalue weighted by Gasteiger charge is -2.23. The van der Waals surface area contributed by atoms with E-state index in [0.717, 1.165) is 55.6 Å². The van der Waals surface area contributed by atoms with Gasteiger partial charge in [0.25, 0.3) is 0 Å². The Bertz CT molecular complexity index is 1390. The number of imidazole rings is 1. The van der Waals surface area contributed by atoms with Crippen LogP contribution in [0, 0.1) is 16.0 Å². The van der Waals surface area contributed by atoms with E-state index < -0.39 is 10.7 Å². The fourth-order valence-corrected chi connectivity index (χ4v) is 4.42. The molecule has 2 aliphatic rings. The minimum absolute atomic E-state index is 0.0668. The zero-order chi connectivity index (χ0) is 27.4. The number of hydrogen-bond donors (Lipinski definition) is 2. The number of fused-ring (bicyclic) bond motifs is 1. The summed E-state index contributed by atoms with van der Waals surface area (Å²) in [7, 11) is 0. The second kappa shape index (κ2) is 11.8. The molecular weight excluding hydrogens is 502 g/mol. The van der Waals surface area contributed by atoms with Gasteiger partial charge in [0.2, 0.25) is 0 Å². The molecule has 3 aromatic rings. The Kier molecular flexibility index (Phi) is 8.07. The van der Waals surface area contributed by atoms with E-state index in [-0.39, 0.29) is 23.7 Å². The third-order valence-electron chi connectivity index (χ3n) is 6.61. The van der Waals surface area contributed by atoms with Crippen LogP contribution in [-0.4, -0.2) is 55.1 Å². The van der Waals surface area contributed by atoms with Crippen LogP contribution in [0.4, 0.5) is 11.6 Å². The Hall–Kier alpha value is -3.97. The molecule has 39 heavy (non-hydrogen) atoms. The van der Waals surface area contributed by atoms with Crippen molar-refractivity contribution < 1.29 is 14.4 Å². The van der Waals surface area contributed by atoms with Crippen LogP contribution in [0.2, 0.25) is 0 Å². The zero-order valence-corrected chi connectivity index (χ0v) is 22.1. The third kappa shape index (κ3) is 6.55. The third-order valence-corrected chi connectivity index (χ3v) is 6.61. The van der Waals surface area contributed by atoms with Crippen molar-refractivity contribution in [3.8, 4) is 0 Å². The van der Waals surface area contributed by atoms with Gasteiger partial charge in [-0.05, 0) is 62.9 Å². The van der Waals surface area contributed by atoms with Gasteiger partial charge in [-0.3, -0.25) is 10.7 Å². The normalized spacial score (nSPS) is 18.6. The summed E-state index contributed by atoms with van der Waals surface area (Å²) in [5.41, 5.74) is 7.47. The highest BCUT2D eigenvalue weighted by Crippen LogP contribution is 2.29. The SMILES string of the molecule is CC(C)n1c(COC2CCCCO2)nc2cnc(Nc3ccnc(C(C=NCC4CC4)=C(N)[N+](=O)[O-])n3)cc21. The Balaban J connectivity index is 1.38. The average molecular weight is 536 g/mol. The van der Waals surface area contributed by atoms with Gasteiger partial charge in [0.1, 0.15) is 35.2 Å². The molecule has 206 valence electrons. The minimum Gasteiger partial charge on any atom is -0.358 e. The van der Waals surface area contributed by atoms with Gasteiger partial charge in [0, 0.05) is 37.7 Å². The van der Waals surface area contributed by atoms with Crippen LogP contribution in [0.5, 0.6) is 0 Å². The fraction of sp³-hybridized carbons (Fsp3) is 0.500. The molecule has 3 aromatic heterocycles. The van der Waals surface area contributed by atoms with Gasteiger partial charge in [-0.2, -0.15) is 0 Å². The number of rotatable bonds is 11. The molecule has 2 fully saturated rings. The molecule has 1 aliphatic heterocycles. The molecule has 1 unspecified atom stereocenters. The van der Waals surface area contributed by atoms with Crippen molar-refractivity contribution in [2.24, 2.45) is 16.6 Å². The molecule has 3 N–H and O–H groups in total. The predicted molar refractivity (Wildman–Crippen MR) is 146 cm³/mol. The summed E-state index contributed by atoms with van der Waals surface area (Å²) < 4.78 is 13.8. The highest BCUT2D eigenvalue weighted by molar-refractivity contribution is 6.08. The van der Waals surface area contributed by atoms with Crippen molar-refractivity contribution in [3.05, 3.63) is 52.1 Å². The van der Waals surface area contributed by atoms with Gasteiger partial charge < -0.3 is 29.5 Å². The zero-order valence-electron chi connectivity index (χ0n) is 22.1. The molecule has 0 amide bonds. The molecule has 1 saturated carbocycles. The summed E-state index contributed by atoms with van der Waals surface area (Å²) in [5.74, 6) is 1.82. The Labute approximate surface area is 225 Å². The number of nitrogens with one attached hydrogen (secondary N) is 1. The van der Waals surface area contributed by atoms with Crippen LogP contribution in [0.25, 0.3) is 16.6 Å². The van der Waals surface area contributed by atoms with E-state index >= 15 is 0 Å². The predicted octanol–water partition coefficient (Wildman–Crippen LogP) is 3.97. The van der Waals surface area contributed by atoms with E-state index in [1.807, 2.05) is 6.07 Å². The van der Waals surface area contributed by atoms with Crippen LogP contribution < -0.4 is 11.1 Å². The van der Waals surface area contributed by atoms with Gasteiger partial charge in [0.15, 0.2) is 12.1 Å². The molecule has 5 rings (SSSR count). The maximum Gasteiger partial charge on any atom is 0.326 e. The number of nitrogens with zero attached hydrogens (tertiary/aromatic N) is 7. The Morgan fingerprint density at radius 3 is 2.87 bits per heavy atom. The van der Waals surface area contributed by atoms with Gasteiger partial charge in [0.05, 0.1) is 11.7 Å². The van der Waals surface area contributed by atoms with Crippen molar-refractivity contribution in [1.82, 2.24) is 24.5 Å². The second-order valence-corrected chi connectivity index (χ2v) is 10.0. The van der Waals surface area contributed by atoms with Gasteiger partial charge in [-0.15, -0.1) is 0 Å². The molecule has 1 atom stereocenters. The summed E-state index contributed by atoms with van der Waals surface area (Å²) >= 11 is 0. The first kappa shape index (κ1) is 26.6. The summed E-state index contributed by atoms with van der Waals surface area (Å²) in [6.45, 7) is 5.83. The molecule has 1 saturated heterocycles. The topological polar surface area (TPSA) is 168 Å². The quantitative estimate of drug-likeness (QED) is 0.208. The molecule has 13 heteroatoms. The number of nitro groups is 1. The van der Waals surface area contributed by atoms with E-state index in [2.05, 4.69) is 43.7 Å². The fourth-order valence-electron chi connectivity index (χ4n) is 4.42. The Morgan fingerprint density at radius 1 is 1.31 bits per heavy atom.